The molecule has 0 bridgehead atoms. The highest BCUT2D eigenvalue weighted by Crippen LogP contribution is 2.27. The maximum Gasteiger partial charge on any atom is 0.330 e. The van der Waals surface area contributed by atoms with Crippen LogP contribution in [0.5, 0.6) is 0 Å². The number of carbonyl (C=O) groups is 1. The van der Waals surface area contributed by atoms with E-state index in [9.17, 15) is 19.5 Å². The van der Waals surface area contributed by atoms with Crippen LogP contribution in [0.1, 0.15) is 35.8 Å². The molecular weight excluding hydrogens is 334 g/mol. The molecule has 2 aliphatic heterocycles. The molecule has 0 saturated carbocycles. The van der Waals surface area contributed by atoms with Gasteiger partial charge >= 0.3 is 5.69 Å². The summed E-state index contributed by atoms with van der Waals surface area (Å²) in [5.41, 5.74) is -1.79. The Bertz CT molecular complexity index is 737. The van der Waals surface area contributed by atoms with Crippen LogP contribution in [0.2, 0.25) is 0 Å². The summed E-state index contributed by atoms with van der Waals surface area (Å²) in [7, 11) is 0. The number of H-pyrrole nitrogens is 1. The summed E-state index contributed by atoms with van der Waals surface area (Å²) in [6.45, 7) is 0.534. The normalized spacial score (nSPS) is 29.0. The van der Waals surface area contributed by atoms with E-state index in [0.717, 1.165) is 23.6 Å². The van der Waals surface area contributed by atoms with Crippen molar-refractivity contribution in [2.45, 2.75) is 43.8 Å². The third-order valence-electron chi connectivity index (χ3n) is 4.42. The summed E-state index contributed by atoms with van der Waals surface area (Å²) in [6, 6.07) is 0. The van der Waals surface area contributed by atoms with Gasteiger partial charge in [-0.05, 0) is 12.8 Å². The van der Waals surface area contributed by atoms with Crippen molar-refractivity contribution < 1.29 is 24.5 Å². The van der Waals surface area contributed by atoms with Crippen molar-refractivity contribution in [3.63, 3.8) is 0 Å². The van der Waals surface area contributed by atoms with E-state index in [-0.39, 0.29) is 24.6 Å². The van der Waals surface area contributed by atoms with Gasteiger partial charge in [0.05, 0.1) is 18.8 Å². The molecule has 3 heterocycles. The Morgan fingerprint density at radius 3 is 2.88 bits per heavy atom. The first-order valence-corrected chi connectivity index (χ1v) is 8.19. The fourth-order valence-electron chi connectivity index (χ4n) is 3.02. The second-order valence-electron chi connectivity index (χ2n) is 6.17. The molecule has 10 nitrogen and oxygen atoms in total. The summed E-state index contributed by atoms with van der Waals surface area (Å²) < 4.78 is 11.8. The molecule has 138 valence electrons. The fourth-order valence-corrected chi connectivity index (χ4v) is 3.02. The van der Waals surface area contributed by atoms with E-state index in [1.807, 2.05) is 0 Å². The van der Waals surface area contributed by atoms with Crippen molar-refractivity contribution in [1.29, 1.82) is 0 Å². The quantitative estimate of drug-likeness (QED) is 0.482. The fraction of sp³-hybridized carbons (Fsp3) is 0.667. The molecule has 10 heteroatoms. The number of amides is 1. The van der Waals surface area contributed by atoms with Gasteiger partial charge in [0.25, 0.3) is 11.5 Å². The predicted octanol–water partition coefficient (Wildman–Crippen LogP) is -1.91. The molecule has 2 aliphatic rings. The standard InChI is InChI=1S/C15H21N3O7/c19-7-11-10(20)4-12(25-11)18-6-9(14(22)17-15(18)23)13(21)16-5-8-2-1-3-24-8/h6,8,10-12,19-20H,1-5,7H2,(H,16,21)(H,17,22,23)/t8-,10-,11?,12-/m1/s1. The molecule has 3 rings (SSSR count). The Balaban J connectivity index is 1.77. The van der Waals surface area contributed by atoms with Gasteiger partial charge in [0.1, 0.15) is 17.9 Å². The van der Waals surface area contributed by atoms with Crippen molar-refractivity contribution in [1.82, 2.24) is 14.9 Å². The number of nitrogens with one attached hydrogen (secondary N) is 2. The first-order chi connectivity index (χ1) is 12.0. The van der Waals surface area contributed by atoms with Gasteiger partial charge in [0.2, 0.25) is 0 Å². The van der Waals surface area contributed by atoms with Gasteiger partial charge in [0.15, 0.2) is 0 Å². The molecule has 1 aromatic heterocycles. The van der Waals surface area contributed by atoms with E-state index in [0.29, 0.717) is 6.61 Å². The minimum Gasteiger partial charge on any atom is -0.394 e. The van der Waals surface area contributed by atoms with Gasteiger partial charge in [-0.25, -0.2) is 4.79 Å². The number of aliphatic hydroxyl groups excluding tert-OH is 2. The Kier molecular flexibility index (Phi) is 5.33. The van der Waals surface area contributed by atoms with Crippen LogP contribution in [-0.4, -0.2) is 63.7 Å². The summed E-state index contributed by atoms with van der Waals surface area (Å²) in [4.78, 5) is 38.3. The number of nitrogens with zero attached hydrogens (tertiary/aromatic N) is 1. The SMILES string of the molecule is O=C(NC[C@H]1CCCO1)c1cn([C@H]2C[C@@H](O)C(CO)O2)c(=O)[nH]c1=O. The lowest BCUT2D eigenvalue weighted by Crippen LogP contribution is -2.40. The van der Waals surface area contributed by atoms with Gasteiger partial charge < -0.3 is 25.0 Å². The van der Waals surface area contributed by atoms with Crippen LogP contribution in [0.15, 0.2) is 15.8 Å². The lowest BCUT2D eigenvalue weighted by molar-refractivity contribution is -0.0459. The molecule has 4 atom stereocenters. The van der Waals surface area contributed by atoms with Gasteiger partial charge in [-0.1, -0.05) is 0 Å². The molecule has 25 heavy (non-hydrogen) atoms. The van der Waals surface area contributed by atoms with E-state index in [4.69, 9.17) is 14.6 Å². The van der Waals surface area contributed by atoms with Crippen LogP contribution in [0.3, 0.4) is 0 Å². The average molecular weight is 355 g/mol. The van der Waals surface area contributed by atoms with Crippen molar-refractivity contribution >= 4 is 5.91 Å². The zero-order valence-electron chi connectivity index (χ0n) is 13.5. The third-order valence-corrected chi connectivity index (χ3v) is 4.42. The van der Waals surface area contributed by atoms with Crippen molar-refractivity contribution in [2.24, 2.45) is 0 Å². The predicted molar refractivity (Wildman–Crippen MR) is 84.2 cm³/mol. The molecule has 2 fully saturated rings. The zero-order chi connectivity index (χ0) is 18.0. The second-order valence-corrected chi connectivity index (χ2v) is 6.17. The van der Waals surface area contributed by atoms with E-state index >= 15 is 0 Å². The molecule has 0 aromatic carbocycles. The Morgan fingerprint density at radius 1 is 1.44 bits per heavy atom. The topological polar surface area (TPSA) is 143 Å². The van der Waals surface area contributed by atoms with Crippen LogP contribution in [0.25, 0.3) is 0 Å². The molecule has 1 amide bonds. The lowest BCUT2D eigenvalue weighted by atomic mass is 10.2. The molecule has 2 saturated heterocycles. The van der Waals surface area contributed by atoms with E-state index < -0.39 is 42.2 Å². The van der Waals surface area contributed by atoms with Crippen molar-refractivity contribution in [2.75, 3.05) is 19.8 Å². The highest BCUT2D eigenvalue weighted by atomic mass is 16.5. The first kappa shape index (κ1) is 17.8. The minimum absolute atomic E-state index is 0.0636. The summed E-state index contributed by atoms with van der Waals surface area (Å²) in [5, 5.41) is 21.5. The van der Waals surface area contributed by atoms with E-state index in [1.54, 1.807) is 0 Å². The average Bonchev–Trinajstić information content (AvgIpc) is 3.22. The van der Waals surface area contributed by atoms with Crippen LogP contribution in [-0.2, 0) is 9.47 Å². The smallest absolute Gasteiger partial charge is 0.330 e. The van der Waals surface area contributed by atoms with Gasteiger partial charge in [-0.3, -0.25) is 19.1 Å². The largest absolute Gasteiger partial charge is 0.394 e. The highest BCUT2D eigenvalue weighted by Gasteiger charge is 2.35. The number of ether oxygens (including phenoxy) is 2. The Hall–Kier alpha value is -2.01. The maximum atomic E-state index is 12.3. The van der Waals surface area contributed by atoms with E-state index in [1.165, 1.54) is 0 Å². The van der Waals surface area contributed by atoms with Crippen LogP contribution in [0, 0.1) is 0 Å². The highest BCUT2D eigenvalue weighted by molar-refractivity contribution is 5.93. The summed E-state index contributed by atoms with van der Waals surface area (Å²) in [5.74, 6) is -0.622. The number of aliphatic hydroxyl groups is 2. The molecular formula is C15H21N3O7. The minimum atomic E-state index is -0.939. The van der Waals surface area contributed by atoms with Crippen molar-refractivity contribution in [3.05, 3.63) is 32.6 Å². The number of carbonyl (C=O) groups excluding carboxylic acids is 1. The zero-order valence-corrected chi connectivity index (χ0v) is 13.5. The van der Waals surface area contributed by atoms with Crippen molar-refractivity contribution in [3.8, 4) is 0 Å². The van der Waals surface area contributed by atoms with Crippen LogP contribution < -0.4 is 16.6 Å². The maximum absolute atomic E-state index is 12.3. The monoisotopic (exact) mass is 355 g/mol. The van der Waals surface area contributed by atoms with Crippen LogP contribution >= 0.6 is 0 Å². The number of rotatable bonds is 5. The lowest BCUT2D eigenvalue weighted by Gasteiger charge is -2.15. The summed E-state index contributed by atoms with van der Waals surface area (Å²) in [6.07, 6.45) is 0.239. The van der Waals surface area contributed by atoms with Crippen LogP contribution in [0.4, 0.5) is 0 Å². The summed E-state index contributed by atoms with van der Waals surface area (Å²) >= 11 is 0. The van der Waals surface area contributed by atoms with Gasteiger partial charge in [-0.15, -0.1) is 0 Å². The molecule has 4 N–H and O–H groups in total. The van der Waals surface area contributed by atoms with E-state index in [2.05, 4.69) is 10.3 Å². The number of hydrogen-bond acceptors (Lipinski definition) is 7. The Labute approximate surface area is 142 Å². The molecule has 0 aliphatic carbocycles. The number of aromatic amines is 1. The van der Waals surface area contributed by atoms with Gasteiger partial charge in [-0.2, -0.15) is 0 Å². The molecule has 0 spiro atoms. The number of hydrogen-bond donors (Lipinski definition) is 4. The van der Waals surface area contributed by atoms with Gasteiger partial charge in [0, 0.05) is 25.8 Å². The molecule has 1 aromatic rings. The second kappa shape index (κ2) is 7.48. The third kappa shape index (κ3) is 3.82. The Morgan fingerprint density at radius 2 is 2.24 bits per heavy atom. The molecule has 1 unspecified atom stereocenters. The number of aromatic nitrogens is 2. The first-order valence-electron chi connectivity index (χ1n) is 8.19. The molecule has 0 radical (unpaired) electrons.